The molecule has 19 heavy (non-hydrogen) atoms. The van der Waals surface area contributed by atoms with Crippen molar-refractivity contribution in [3.05, 3.63) is 11.3 Å². The quantitative estimate of drug-likeness (QED) is 0.894. The minimum Gasteiger partial charge on any atom is -0.461 e. The number of nitrogens with zero attached hydrogens (tertiary/aromatic N) is 3. The van der Waals surface area contributed by atoms with E-state index < -0.39 is 0 Å². The number of nitrogens with one attached hydrogen (secondary N) is 1. The van der Waals surface area contributed by atoms with Gasteiger partial charge in [0.25, 0.3) is 0 Å². The highest BCUT2D eigenvalue weighted by molar-refractivity contribution is 5.50. The number of anilines is 1. The van der Waals surface area contributed by atoms with Gasteiger partial charge in [0, 0.05) is 37.4 Å². The van der Waals surface area contributed by atoms with Crippen LogP contribution in [0.1, 0.15) is 32.0 Å². The van der Waals surface area contributed by atoms with Crippen molar-refractivity contribution in [1.82, 2.24) is 15.3 Å². The van der Waals surface area contributed by atoms with Crippen LogP contribution in [-0.4, -0.2) is 42.3 Å². The minimum atomic E-state index is 0.0998. The van der Waals surface area contributed by atoms with Crippen molar-refractivity contribution in [2.45, 2.75) is 40.2 Å². The second kappa shape index (κ2) is 6.19. The Bertz CT molecular complexity index is 428. The van der Waals surface area contributed by atoms with Crippen LogP contribution < -0.4 is 15.0 Å². The van der Waals surface area contributed by atoms with Crippen LogP contribution in [-0.2, 0) is 6.42 Å². The molecule has 1 aromatic rings. The third-order valence-electron chi connectivity index (χ3n) is 3.28. The van der Waals surface area contributed by atoms with Gasteiger partial charge in [0.2, 0.25) is 0 Å². The van der Waals surface area contributed by atoms with Crippen molar-refractivity contribution in [2.24, 2.45) is 0 Å². The lowest BCUT2D eigenvalue weighted by Gasteiger charge is -2.30. The maximum atomic E-state index is 5.66. The summed E-state index contributed by atoms with van der Waals surface area (Å²) in [6.45, 7) is 12.2. The van der Waals surface area contributed by atoms with Crippen molar-refractivity contribution in [1.29, 1.82) is 0 Å². The summed E-state index contributed by atoms with van der Waals surface area (Å²) in [7, 11) is 0. The Balaban J connectivity index is 2.34. The Morgan fingerprint density at radius 2 is 1.95 bits per heavy atom. The van der Waals surface area contributed by atoms with Gasteiger partial charge < -0.3 is 15.0 Å². The van der Waals surface area contributed by atoms with Crippen LogP contribution in [0.4, 0.5) is 5.82 Å². The summed E-state index contributed by atoms with van der Waals surface area (Å²) in [5.74, 6) is 1.05. The number of rotatable bonds is 4. The molecule has 0 amide bonds. The normalized spacial score (nSPS) is 15.9. The maximum absolute atomic E-state index is 5.66. The van der Waals surface area contributed by atoms with E-state index in [9.17, 15) is 0 Å². The second-order valence-electron chi connectivity index (χ2n) is 5.15. The zero-order chi connectivity index (χ0) is 13.8. The van der Waals surface area contributed by atoms with E-state index in [1.165, 1.54) is 5.56 Å². The highest BCUT2D eigenvalue weighted by Gasteiger charge is 2.19. The number of hydrogen-bond acceptors (Lipinski definition) is 5. The Hall–Kier alpha value is -1.36. The van der Waals surface area contributed by atoms with Gasteiger partial charge >= 0.3 is 6.01 Å². The van der Waals surface area contributed by atoms with Crippen LogP contribution in [0.15, 0.2) is 0 Å². The van der Waals surface area contributed by atoms with Crippen molar-refractivity contribution in [2.75, 3.05) is 31.1 Å². The number of aryl methyl sites for hydroxylation is 1. The molecule has 0 saturated carbocycles. The summed E-state index contributed by atoms with van der Waals surface area (Å²) >= 11 is 0. The molecule has 1 N–H and O–H groups in total. The topological polar surface area (TPSA) is 50.3 Å². The molecule has 1 aliphatic heterocycles. The molecule has 0 aliphatic carbocycles. The molecule has 1 saturated heterocycles. The summed E-state index contributed by atoms with van der Waals surface area (Å²) in [6, 6.07) is 0.498. The first kappa shape index (κ1) is 14.1. The molecule has 1 aliphatic rings. The molecule has 5 heteroatoms. The molecular formula is C14H24N4O. The molecule has 0 atom stereocenters. The lowest BCUT2D eigenvalue weighted by molar-refractivity contribution is 0.221. The van der Waals surface area contributed by atoms with Gasteiger partial charge in [-0.3, -0.25) is 0 Å². The predicted octanol–water partition coefficient (Wildman–Crippen LogP) is 1.54. The third kappa shape index (κ3) is 3.35. The first-order valence-electron chi connectivity index (χ1n) is 7.11. The fourth-order valence-corrected chi connectivity index (χ4v) is 2.37. The average molecular weight is 264 g/mol. The van der Waals surface area contributed by atoms with Gasteiger partial charge in [0.05, 0.1) is 6.10 Å². The van der Waals surface area contributed by atoms with Crippen LogP contribution in [0.5, 0.6) is 6.01 Å². The van der Waals surface area contributed by atoms with Crippen molar-refractivity contribution in [3.63, 3.8) is 0 Å². The molecule has 2 rings (SSSR count). The van der Waals surface area contributed by atoms with Gasteiger partial charge in [-0.05, 0) is 27.2 Å². The largest absolute Gasteiger partial charge is 0.461 e. The van der Waals surface area contributed by atoms with E-state index in [1.54, 1.807) is 0 Å². The molecule has 0 spiro atoms. The fourth-order valence-electron chi connectivity index (χ4n) is 2.37. The first-order chi connectivity index (χ1) is 9.11. The number of hydrogen-bond donors (Lipinski definition) is 1. The van der Waals surface area contributed by atoms with E-state index in [0.29, 0.717) is 6.01 Å². The van der Waals surface area contributed by atoms with Gasteiger partial charge in [-0.25, -0.2) is 4.98 Å². The van der Waals surface area contributed by atoms with Gasteiger partial charge in [-0.2, -0.15) is 4.98 Å². The van der Waals surface area contributed by atoms with E-state index >= 15 is 0 Å². The van der Waals surface area contributed by atoms with Crippen LogP contribution in [0.25, 0.3) is 0 Å². The molecule has 0 unspecified atom stereocenters. The molecule has 5 nitrogen and oxygen atoms in total. The smallest absolute Gasteiger partial charge is 0.318 e. The number of piperazine rings is 1. The summed E-state index contributed by atoms with van der Waals surface area (Å²) in [4.78, 5) is 11.4. The lowest BCUT2D eigenvalue weighted by Crippen LogP contribution is -2.44. The van der Waals surface area contributed by atoms with Gasteiger partial charge in [0.1, 0.15) is 5.82 Å². The molecule has 1 fully saturated rings. The highest BCUT2D eigenvalue weighted by Crippen LogP contribution is 2.24. The summed E-state index contributed by atoms with van der Waals surface area (Å²) in [6.07, 6.45) is 1.05. The van der Waals surface area contributed by atoms with E-state index in [-0.39, 0.29) is 6.10 Å². The van der Waals surface area contributed by atoms with Gasteiger partial charge in [-0.1, -0.05) is 6.92 Å². The molecular weight excluding hydrogens is 240 g/mol. The Morgan fingerprint density at radius 1 is 1.26 bits per heavy atom. The predicted molar refractivity (Wildman–Crippen MR) is 77.0 cm³/mol. The fraction of sp³-hybridized carbons (Fsp3) is 0.714. The Morgan fingerprint density at radius 3 is 2.53 bits per heavy atom. The summed E-state index contributed by atoms with van der Waals surface area (Å²) in [5, 5.41) is 3.37. The zero-order valence-electron chi connectivity index (χ0n) is 12.4. The Kier molecular flexibility index (Phi) is 4.58. The summed E-state index contributed by atoms with van der Waals surface area (Å²) < 4.78 is 5.66. The zero-order valence-corrected chi connectivity index (χ0v) is 12.4. The van der Waals surface area contributed by atoms with Crippen LogP contribution in [0.2, 0.25) is 0 Å². The maximum Gasteiger partial charge on any atom is 0.318 e. The van der Waals surface area contributed by atoms with E-state index in [1.807, 2.05) is 20.8 Å². The molecule has 2 heterocycles. The first-order valence-corrected chi connectivity index (χ1v) is 7.11. The molecule has 0 radical (unpaired) electrons. The van der Waals surface area contributed by atoms with Gasteiger partial charge in [-0.15, -0.1) is 0 Å². The summed E-state index contributed by atoms with van der Waals surface area (Å²) in [5.41, 5.74) is 2.26. The Labute approximate surface area is 115 Å². The van der Waals surface area contributed by atoms with Crippen molar-refractivity contribution in [3.8, 4) is 6.01 Å². The molecule has 0 bridgehead atoms. The molecule has 1 aromatic heterocycles. The van der Waals surface area contributed by atoms with Crippen LogP contribution >= 0.6 is 0 Å². The molecule has 106 valence electrons. The third-order valence-corrected chi connectivity index (χ3v) is 3.28. The molecule has 0 aromatic carbocycles. The number of aromatic nitrogens is 2. The van der Waals surface area contributed by atoms with E-state index in [2.05, 4.69) is 27.1 Å². The van der Waals surface area contributed by atoms with Crippen LogP contribution in [0, 0.1) is 6.92 Å². The SMILES string of the molecule is CCc1c(C)nc(OC(C)C)nc1N1CCNCC1. The number of ether oxygens (including phenoxy) is 1. The lowest BCUT2D eigenvalue weighted by atomic mass is 10.1. The monoisotopic (exact) mass is 264 g/mol. The standard InChI is InChI=1S/C14H24N4O/c1-5-12-11(4)16-14(19-10(2)3)17-13(12)18-8-6-15-7-9-18/h10,15H,5-9H2,1-4H3. The minimum absolute atomic E-state index is 0.0998. The van der Waals surface area contributed by atoms with E-state index in [0.717, 1.165) is 44.1 Å². The highest BCUT2D eigenvalue weighted by atomic mass is 16.5. The van der Waals surface area contributed by atoms with Crippen LogP contribution in [0.3, 0.4) is 0 Å². The van der Waals surface area contributed by atoms with Crippen molar-refractivity contribution >= 4 is 5.82 Å². The second-order valence-corrected chi connectivity index (χ2v) is 5.15. The average Bonchev–Trinajstić information content (AvgIpc) is 2.38. The van der Waals surface area contributed by atoms with Gasteiger partial charge in [0.15, 0.2) is 0 Å². The van der Waals surface area contributed by atoms with E-state index in [4.69, 9.17) is 4.74 Å². The van der Waals surface area contributed by atoms with Crippen molar-refractivity contribution < 1.29 is 4.74 Å².